The molecule has 1 aromatic heterocycles. The van der Waals surface area contributed by atoms with Crippen LogP contribution in [-0.2, 0) is 4.74 Å². The van der Waals surface area contributed by atoms with E-state index in [1.54, 1.807) is 4.90 Å². The van der Waals surface area contributed by atoms with Crippen LogP contribution >= 0.6 is 0 Å². The molecule has 0 bridgehead atoms. The van der Waals surface area contributed by atoms with Gasteiger partial charge < -0.3 is 15.0 Å². The number of rotatable bonds is 3. The Morgan fingerprint density at radius 3 is 2.86 bits per heavy atom. The predicted octanol–water partition coefficient (Wildman–Crippen LogP) is 2.35. The van der Waals surface area contributed by atoms with E-state index < -0.39 is 5.60 Å². The second-order valence-electron chi connectivity index (χ2n) is 6.63. The summed E-state index contributed by atoms with van der Waals surface area (Å²) in [5.74, 6) is 0. The van der Waals surface area contributed by atoms with Crippen LogP contribution in [0.4, 0.5) is 4.79 Å². The number of carbonyl (C=O) groups is 1. The van der Waals surface area contributed by atoms with Crippen LogP contribution in [0.2, 0.25) is 0 Å². The number of carbonyl (C=O) groups excluding carboxylic acids is 1. The van der Waals surface area contributed by atoms with Crippen LogP contribution in [0, 0.1) is 0 Å². The lowest BCUT2D eigenvalue weighted by molar-refractivity contribution is 0.0288. The highest BCUT2D eigenvalue weighted by Crippen LogP contribution is 2.24. The average molecular weight is 294 g/mol. The maximum atomic E-state index is 12.1. The molecule has 0 radical (unpaired) electrons. The molecule has 6 heteroatoms. The molecule has 1 amide bonds. The van der Waals surface area contributed by atoms with Crippen molar-refractivity contribution in [1.82, 2.24) is 20.0 Å². The molecule has 1 fully saturated rings. The van der Waals surface area contributed by atoms with Gasteiger partial charge in [-0.05, 0) is 41.2 Å². The number of likely N-dealkylation sites (tertiary alicyclic amines) is 1. The fourth-order valence-electron chi connectivity index (χ4n) is 2.39. The van der Waals surface area contributed by atoms with Crippen molar-refractivity contribution in [2.45, 2.75) is 51.8 Å². The summed E-state index contributed by atoms with van der Waals surface area (Å²) in [6.07, 6.45) is 4.62. The quantitative estimate of drug-likeness (QED) is 0.929. The molecule has 118 valence electrons. The van der Waals surface area contributed by atoms with E-state index in [1.165, 1.54) is 0 Å². The fraction of sp³-hybridized carbons (Fsp3) is 0.733. The van der Waals surface area contributed by atoms with E-state index in [0.717, 1.165) is 18.5 Å². The first kappa shape index (κ1) is 15.8. The minimum Gasteiger partial charge on any atom is -0.444 e. The third kappa shape index (κ3) is 3.97. The second-order valence-corrected chi connectivity index (χ2v) is 6.63. The Labute approximate surface area is 126 Å². The van der Waals surface area contributed by atoms with Gasteiger partial charge in [-0.25, -0.2) is 4.79 Å². The molecule has 0 saturated carbocycles. The van der Waals surface area contributed by atoms with E-state index in [2.05, 4.69) is 23.5 Å². The summed E-state index contributed by atoms with van der Waals surface area (Å²) in [5.41, 5.74) is 0.712. The zero-order valence-electron chi connectivity index (χ0n) is 13.6. The molecule has 2 atom stereocenters. The largest absolute Gasteiger partial charge is 0.444 e. The maximum Gasteiger partial charge on any atom is 0.410 e. The summed E-state index contributed by atoms with van der Waals surface area (Å²) in [6.45, 7) is 9.13. The first-order valence-electron chi connectivity index (χ1n) is 7.49. The van der Waals surface area contributed by atoms with E-state index in [4.69, 9.17) is 4.74 Å². The SMILES string of the molecule is CNC(C)c1cnn(C2CCN(C(=O)OC(C)(C)C)C2)c1. The normalized spacial score (nSPS) is 20.6. The summed E-state index contributed by atoms with van der Waals surface area (Å²) in [5, 5.41) is 7.63. The number of nitrogens with zero attached hydrogens (tertiary/aromatic N) is 3. The molecule has 2 rings (SSSR count). The number of hydrogen-bond donors (Lipinski definition) is 1. The lowest BCUT2D eigenvalue weighted by atomic mass is 10.2. The Kier molecular flexibility index (Phi) is 4.56. The molecule has 0 aromatic carbocycles. The molecule has 1 aromatic rings. The molecule has 21 heavy (non-hydrogen) atoms. The summed E-state index contributed by atoms with van der Waals surface area (Å²) >= 11 is 0. The van der Waals surface area contributed by atoms with Gasteiger partial charge in [0.2, 0.25) is 0 Å². The Bertz CT molecular complexity index is 492. The third-order valence-corrected chi connectivity index (χ3v) is 3.74. The highest BCUT2D eigenvalue weighted by Gasteiger charge is 2.31. The first-order valence-corrected chi connectivity index (χ1v) is 7.49. The van der Waals surface area contributed by atoms with Gasteiger partial charge >= 0.3 is 6.09 Å². The predicted molar refractivity (Wildman–Crippen MR) is 81.2 cm³/mol. The van der Waals surface area contributed by atoms with Crippen LogP contribution in [-0.4, -0.2) is 46.5 Å². The lowest BCUT2D eigenvalue weighted by Crippen LogP contribution is -2.35. The summed E-state index contributed by atoms with van der Waals surface area (Å²) in [7, 11) is 1.93. The highest BCUT2D eigenvalue weighted by molar-refractivity contribution is 5.68. The molecular formula is C15H26N4O2. The molecule has 1 aliphatic rings. The standard InChI is InChI=1S/C15H26N4O2/c1-11(16-5)12-8-17-19(9-12)13-6-7-18(10-13)14(20)21-15(2,3)4/h8-9,11,13,16H,6-7,10H2,1-5H3. The number of amides is 1. The summed E-state index contributed by atoms with van der Waals surface area (Å²) < 4.78 is 7.38. The van der Waals surface area contributed by atoms with Gasteiger partial charge in [0.1, 0.15) is 5.60 Å². The van der Waals surface area contributed by atoms with E-state index in [-0.39, 0.29) is 18.2 Å². The summed E-state index contributed by atoms with van der Waals surface area (Å²) in [6, 6.07) is 0.512. The average Bonchev–Trinajstić information content (AvgIpc) is 3.04. The third-order valence-electron chi connectivity index (χ3n) is 3.74. The Balaban J connectivity index is 1.96. The zero-order valence-corrected chi connectivity index (χ0v) is 13.6. The van der Waals surface area contributed by atoms with Gasteiger partial charge in [0.15, 0.2) is 0 Å². The smallest absolute Gasteiger partial charge is 0.410 e. The fourth-order valence-corrected chi connectivity index (χ4v) is 2.39. The van der Waals surface area contributed by atoms with Crippen molar-refractivity contribution in [3.63, 3.8) is 0 Å². The van der Waals surface area contributed by atoms with Gasteiger partial charge in [-0.2, -0.15) is 5.10 Å². The molecule has 0 aliphatic carbocycles. The van der Waals surface area contributed by atoms with Gasteiger partial charge in [0.25, 0.3) is 0 Å². The van der Waals surface area contributed by atoms with Crippen molar-refractivity contribution in [2.24, 2.45) is 0 Å². The van der Waals surface area contributed by atoms with Crippen LogP contribution in [0.15, 0.2) is 12.4 Å². The van der Waals surface area contributed by atoms with Gasteiger partial charge in [-0.15, -0.1) is 0 Å². The van der Waals surface area contributed by atoms with Gasteiger partial charge in [-0.1, -0.05) is 0 Å². The van der Waals surface area contributed by atoms with Crippen LogP contribution in [0.1, 0.15) is 51.8 Å². The maximum absolute atomic E-state index is 12.1. The van der Waals surface area contributed by atoms with Gasteiger partial charge in [0.05, 0.1) is 12.2 Å². The number of hydrogen-bond acceptors (Lipinski definition) is 4. The van der Waals surface area contributed by atoms with Crippen molar-refractivity contribution >= 4 is 6.09 Å². The number of nitrogens with one attached hydrogen (secondary N) is 1. The van der Waals surface area contributed by atoms with Crippen LogP contribution in [0.25, 0.3) is 0 Å². The summed E-state index contributed by atoms with van der Waals surface area (Å²) in [4.78, 5) is 13.8. The van der Waals surface area contributed by atoms with E-state index in [1.807, 2.05) is 38.7 Å². The second kappa shape index (κ2) is 6.05. The van der Waals surface area contributed by atoms with E-state index in [9.17, 15) is 4.79 Å². The highest BCUT2D eigenvalue weighted by atomic mass is 16.6. The zero-order chi connectivity index (χ0) is 15.6. The molecule has 1 aliphatic heterocycles. The number of aromatic nitrogens is 2. The van der Waals surface area contributed by atoms with Crippen LogP contribution < -0.4 is 5.32 Å². The molecule has 1 N–H and O–H groups in total. The molecule has 0 spiro atoms. The van der Waals surface area contributed by atoms with E-state index in [0.29, 0.717) is 6.54 Å². The minimum absolute atomic E-state index is 0.232. The van der Waals surface area contributed by atoms with Crippen LogP contribution in [0.3, 0.4) is 0 Å². The van der Waals surface area contributed by atoms with E-state index >= 15 is 0 Å². The van der Waals surface area contributed by atoms with Gasteiger partial charge in [-0.3, -0.25) is 4.68 Å². The van der Waals surface area contributed by atoms with Gasteiger partial charge in [0, 0.05) is 30.9 Å². The molecule has 2 unspecified atom stereocenters. The van der Waals surface area contributed by atoms with Crippen molar-refractivity contribution in [1.29, 1.82) is 0 Å². The molecule has 6 nitrogen and oxygen atoms in total. The molecular weight excluding hydrogens is 268 g/mol. The molecule has 1 saturated heterocycles. The van der Waals surface area contributed by atoms with Crippen LogP contribution in [0.5, 0.6) is 0 Å². The topological polar surface area (TPSA) is 59.4 Å². The van der Waals surface area contributed by atoms with Crippen molar-refractivity contribution in [2.75, 3.05) is 20.1 Å². The Hall–Kier alpha value is -1.56. The minimum atomic E-state index is -0.448. The lowest BCUT2D eigenvalue weighted by Gasteiger charge is -2.24. The van der Waals surface area contributed by atoms with Crippen molar-refractivity contribution < 1.29 is 9.53 Å². The Morgan fingerprint density at radius 2 is 2.24 bits per heavy atom. The number of ether oxygens (including phenoxy) is 1. The Morgan fingerprint density at radius 1 is 1.52 bits per heavy atom. The van der Waals surface area contributed by atoms with Crippen molar-refractivity contribution in [3.05, 3.63) is 18.0 Å². The monoisotopic (exact) mass is 294 g/mol. The van der Waals surface area contributed by atoms with Crippen molar-refractivity contribution in [3.8, 4) is 0 Å². The molecule has 2 heterocycles. The first-order chi connectivity index (χ1) is 9.80.